The van der Waals surface area contributed by atoms with Crippen LogP contribution in [0.2, 0.25) is 0 Å². The van der Waals surface area contributed by atoms with E-state index in [2.05, 4.69) is 12.1 Å². The van der Waals surface area contributed by atoms with Gasteiger partial charge in [0.25, 0.3) is 0 Å². The molecule has 0 aliphatic carbocycles. The zero-order valence-corrected chi connectivity index (χ0v) is 13.3. The summed E-state index contributed by atoms with van der Waals surface area (Å²) >= 11 is 0. The molecule has 1 aliphatic rings. The van der Waals surface area contributed by atoms with Gasteiger partial charge in [0.2, 0.25) is 0 Å². The lowest BCUT2D eigenvalue weighted by Gasteiger charge is -2.38. The van der Waals surface area contributed by atoms with Crippen molar-refractivity contribution in [2.24, 2.45) is 0 Å². The van der Waals surface area contributed by atoms with Gasteiger partial charge in [0, 0.05) is 19.6 Å². The summed E-state index contributed by atoms with van der Waals surface area (Å²) in [7, 11) is 1.71. The molecular weight excluding hydrogens is 266 g/mol. The smallest absolute Gasteiger partial charge is 0.410 e. The van der Waals surface area contributed by atoms with Crippen LogP contribution >= 0.6 is 0 Å². The van der Waals surface area contributed by atoms with Crippen molar-refractivity contribution in [3.05, 3.63) is 35.9 Å². The van der Waals surface area contributed by atoms with Gasteiger partial charge in [-0.1, -0.05) is 30.3 Å². The molecule has 0 saturated carbocycles. The number of hydrogen-bond acceptors (Lipinski definition) is 3. The highest BCUT2D eigenvalue weighted by Crippen LogP contribution is 2.30. The number of carbonyl (C=O) groups excluding carboxylic acids is 1. The van der Waals surface area contributed by atoms with Gasteiger partial charge in [-0.15, -0.1) is 0 Å². The highest BCUT2D eigenvalue weighted by Gasteiger charge is 2.34. The van der Waals surface area contributed by atoms with Crippen molar-refractivity contribution in [2.45, 2.75) is 44.8 Å². The Hall–Kier alpha value is -1.55. The fraction of sp³-hybridized carbons (Fsp3) is 0.588. The molecule has 116 valence electrons. The Morgan fingerprint density at radius 3 is 2.48 bits per heavy atom. The standard InChI is InChI=1S/C17H25NO3/c1-17(2,3)21-16(19)18-11-10-14(15(12-18)20-4)13-8-6-5-7-9-13/h5-9,14-15H,10-12H2,1-4H3/t14-,15-/m0/s1. The monoisotopic (exact) mass is 291 g/mol. The van der Waals surface area contributed by atoms with Crippen LogP contribution in [0.4, 0.5) is 4.79 Å². The Morgan fingerprint density at radius 2 is 1.90 bits per heavy atom. The van der Waals surface area contributed by atoms with Gasteiger partial charge in [-0.25, -0.2) is 4.79 Å². The number of carbonyl (C=O) groups is 1. The predicted molar refractivity (Wildman–Crippen MR) is 82.4 cm³/mol. The summed E-state index contributed by atoms with van der Waals surface area (Å²) in [4.78, 5) is 13.9. The zero-order valence-electron chi connectivity index (χ0n) is 13.3. The second-order valence-corrected chi connectivity index (χ2v) is 6.51. The van der Waals surface area contributed by atoms with Gasteiger partial charge in [0.05, 0.1) is 12.6 Å². The molecule has 0 bridgehead atoms. The SMILES string of the molecule is CO[C@H]1CN(C(=O)OC(C)(C)C)CC[C@H]1c1ccccc1. The van der Waals surface area contributed by atoms with Gasteiger partial charge in [0.1, 0.15) is 5.60 Å². The van der Waals surface area contributed by atoms with E-state index in [1.807, 2.05) is 39.0 Å². The Labute approximate surface area is 127 Å². The van der Waals surface area contributed by atoms with E-state index < -0.39 is 5.60 Å². The summed E-state index contributed by atoms with van der Waals surface area (Å²) in [6, 6.07) is 10.4. The molecule has 1 saturated heterocycles. The van der Waals surface area contributed by atoms with E-state index >= 15 is 0 Å². The van der Waals surface area contributed by atoms with E-state index in [9.17, 15) is 4.79 Å². The first-order valence-electron chi connectivity index (χ1n) is 7.46. The average molecular weight is 291 g/mol. The van der Waals surface area contributed by atoms with E-state index in [0.29, 0.717) is 19.0 Å². The number of rotatable bonds is 2. The third kappa shape index (κ3) is 4.21. The van der Waals surface area contributed by atoms with Crippen LogP contribution in [-0.4, -0.2) is 42.9 Å². The first-order valence-corrected chi connectivity index (χ1v) is 7.46. The number of piperidine rings is 1. The zero-order chi connectivity index (χ0) is 15.5. The highest BCUT2D eigenvalue weighted by atomic mass is 16.6. The molecule has 0 unspecified atom stereocenters. The molecule has 1 heterocycles. The second-order valence-electron chi connectivity index (χ2n) is 6.51. The summed E-state index contributed by atoms with van der Waals surface area (Å²) in [5.41, 5.74) is 0.809. The maximum absolute atomic E-state index is 12.2. The maximum atomic E-state index is 12.2. The number of nitrogens with zero attached hydrogens (tertiary/aromatic N) is 1. The first-order chi connectivity index (χ1) is 9.90. The van der Waals surface area contributed by atoms with Crippen molar-refractivity contribution in [1.29, 1.82) is 0 Å². The molecule has 0 spiro atoms. The quantitative estimate of drug-likeness (QED) is 0.838. The Bertz CT molecular complexity index is 467. The molecule has 0 N–H and O–H groups in total. The molecule has 1 fully saturated rings. The number of hydrogen-bond donors (Lipinski definition) is 0. The molecule has 1 aliphatic heterocycles. The largest absolute Gasteiger partial charge is 0.444 e. The third-order valence-corrected chi connectivity index (χ3v) is 3.74. The number of likely N-dealkylation sites (tertiary alicyclic amines) is 1. The minimum absolute atomic E-state index is 0.00803. The van der Waals surface area contributed by atoms with Gasteiger partial charge in [0.15, 0.2) is 0 Å². The van der Waals surface area contributed by atoms with Crippen molar-refractivity contribution >= 4 is 6.09 Å². The normalized spacial score (nSPS) is 23.0. The van der Waals surface area contributed by atoms with Gasteiger partial charge in [-0.3, -0.25) is 0 Å². The molecule has 4 nitrogen and oxygen atoms in total. The molecule has 21 heavy (non-hydrogen) atoms. The minimum Gasteiger partial charge on any atom is -0.444 e. The molecular formula is C17H25NO3. The second kappa shape index (κ2) is 6.48. The molecule has 2 atom stereocenters. The van der Waals surface area contributed by atoms with Crippen LogP contribution in [-0.2, 0) is 9.47 Å². The summed E-state index contributed by atoms with van der Waals surface area (Å²) in [5, 5.41) is 0. The summed E-state index contributed by atoms with van der Waals surface area (Å²) in [6.07, 6.45) is 0.645. The third-order valence-electron chi connectivity index (χ3n) is 3.74. The Morgan fingerprint density at radius 1 is 1.24 bits per heavy atom. The van der Waals surface area contributed by atoms with E-state index in [-0.39, 0.29) is 12.2 Å². The molecule has 4 heteroatoms. The van der Waals surface area contributed by atoms with Gasteiger partial charge >= 0.3 is 6.09 Å². The van der Waals surface area contributed by atoms with Crippen LogP contribution in [0.25, 0.3) is 0 Å². The maximum Gasteiger partial charge on any atom is 0.410 e. The lowest BCUT2D eigenvalue weighted by Crippen LogP contribution is -2.48. The highest BCUT2D eigenvalue weighted by molar-refractivity contribution is 5.68. The van der Waals surface area contributed by atoms with Crippen molar-refractivity contribution in [2.75, 3.05) is 20.2 Å². The lowest BCUT2D eigenvalue weighted by atomic mass is 9.87. The van der Waals surface area contributed by atoms with Crippen molar-refractivity contribution in [3.8, 4) is 0 Å². The first kappa shape index (κ1) is 15.8. The van der Waals surface area contributed by atoms with Crippen LogP contribution < -0.4 is 0 Å². The van der Waals surface area contributed by atoms with Crippen LogP contribution in [0, 0.1) is 0 Å². The minimum atomic E-state index is -0.462. The van der Waals surface area contributed by atoms with Crippen molar-refractivity contribution in [3.63, 3.8) is 0 Å². The lowest BCUT2D eigenvalue weighted by molar-refractivity contribution is -0.0139. The fourth-order valence-corrected chi connectivity index (χ4v) is 2.73. The number of amides is 1. The summed E-state index contributed by atoms with van der Waals surface area (Å²) < 4.78 is 11.1. The summed E-state index contributed by atoms with van der Waals surface area (Å²) in [6.45, 7) is 6.93. The van der Waals surface area contributed by atoms with Crippen molar-refractivity contribution in [1.82, 2.24) is 4.90 Å². The average Bonchev–Trinajstić information content (AvgIpc) is 2.45. The van der Waals surface area contributed by atoms with E-state index in [0.717, 1.165) is 6.42 Å². The molecule has 0 aromatic heterocycles. The topological polar surface area (TPSA) is 38.8 Å². The van der Waals surface area contributed by atoms with Crippen LogP contribution in [0.1, 0.15) is 38.7 Å². The van der Waals surface area contributed by atoms with Crippen LogP contribution in [0.3, 0.4) is 0 Å². The van der Waals surface area contributed by atoms with Crippen LogP contribution in [0.15, 0.2) is 30.3 Å². The predicted octanol–water partition coefficient (Wildman–Crippen LogP) is 3.43. The number of methoxy groups -OCH3 is 1. The van der Waals surface area contributed by atoms with E-state index in [1.165, 1.54) is 5.56 Å². The molecule has 2 rings (SSSR count). The van der Waals surface area contributed by atoms with Crippen LogP contribution in [0.5, 0.6) is 0 Å². The Balaban J connectivity index is 2.03. The van der Waals surface area contributed by atoms with Crippen molar-refractivity contribution < 1.29 is 14.3 Å². The van der Waals surface area contributed by atoms with Gasteiger partial charge in [-0.05, 0) is 32.8 Å². The summed E-state index contributed by atoms with van der Waals surface area (Å²) in [5.74, 6) is 0.329. The molecule has 1 aromatic carbocycles. The van der Waals surface area contributed by atoms with Gasteiger partial charge < -0.3 is 14.4 Å². The molecule has 1 aromatic rings. The number of ether oxygens (including phenoxy) is 2. The molecule has 0 radical (unpaired) electrons. The number of benzene rings is 1. The Kier molecular flexibility index (Phi) is 4.88. The van der Waals surface area contributed by atoms with E-state index in [1.54, 1.807) is 12.0 Å². The van der Waals surface area contributed by atoms with Gasteiger partial charge in [-0.2, -0.15) is 0 Å². The molecule has 1 amide bonds. The van der Waals surface area contributed by atoms with E-state index in [4.69, 9.17) is 9.47 Å². The fourth-order valence-electron chi connectivity index (χ4n) is 2.73.